The number of aliphatic hydroxyl groups is 1. The van der Waals surface area contributed by atoms with Crippen LogP contribution in [0.25, 0.3) is 0 Å². The van der Waals surface area contributed by atoms with E-state index in [1.807, 2.05) is 25.7 Å². The van der Waals surface area contributed by atoms with E-state index >= 15 is 0 Å². The second-order valence-electron chi connectivity index (χ2n) is 8.34. The quantitative estimate of drug-likeness (QED) is 0.866. The van der Waals surface area contributed by atoms with E-state index in [1.54, 1.807) is 0 Å². The smallest absolute Gasteiger partial charge is 0.410 e. The Hall–Kier alpha value is -0.810. The van der Waals surface area contributed by atoms with Gasteiger partial charge in [0.15, 0.2) is 0 Å². The van der Waals surface area contributed by atoms with Crippen LogP contribution in [-0.4, -0.2) is 65.4 Å². The summed E-state index contributed by atoms with van der Waals surface area (Å²) in [5, 5.41) is 9.40. The van der Waals surface area contributed by atoms with Gasteiger partial charge in [0.25, 0.3) is 0 Å². The first kappa shape index (κ1) is 18.5. The highest BCUT2D eigenvalue weighted by molar-refractivity contribution is 5.68. The number of rotatable bonds is 3. The molecule has 134 valence electrons. The monoisotopic (exact) mass is 326 g/mol. The number of aliphatic hydroxyl groups excluding tert-OH is 1. The fourth-order valence-electron chi connectivity index (χ4n) is 3.62. The van der Waals surface area contributed by atoms with Crippen molar-refractivity contribution in [3.63, 3.8) is 0 Å². The van der Waals surface area contributed by atoms with Crippen molar-refractivity contribution < 1.29 is 14.6 Å². The third-order valence-corrected chi connectivity index (χ3v) is 5.13. The minimum absolute atomic E-state index is 0.178. The van der Waals surface area contributed by atoms with Crippen molar-refractivity contribution in [2.24, 2.45) is 11.8 Å². The Morgan fingerprint density at radius 1 is 1.13 bits per heavy atom. The van der Waals surface area contributed by atoms with Crippen molar-refractivity contribution >= 4 is 6.09 Å². The van der Waals surface area contributed by atoms with E-state index < -0.39 is 5.60 Å². The Kier molecular flexibility index (Phi) is 6.32. The molecule has 1 amide bonds. The van der Waals surface area contributed by atoms with Crippen LogP contribution in [0.3, 0.4) is 0 Å². The van der Waals surface area contributed by atoms with Crippen molar-refractivity contribution in [1.82, 2.24) is 9.80 Å². The first-order chi connectivity index (χ1) is 10.8. The Morgan fingerprint density at radius 2 is 1.78 bits per heavy atom. The predicted octanol–water partition coefficient (Wildman–Crippen LogP) is 2.73. The van der Waals surface area contributed by atoms with E-state index in [-0.39, 0.29) is 6.09 Å². The third-order valence-electron chi connectivity index (χ3n) is 5.13. The Bertz CT molecular complexity index is 386. The molecular weight excluding hydrogens is 292 g/mol. The van der Waals surface area contributed by atoms with E-state index in [0.717, 1.165) is 45.4 Å². The van der Waals surface area contributed by atoms with Crippen LogP contribution >= 0.6 is 0 Å². The third kappa shape index (κ3) is 5.64. The summed E-state index contributed by atoms with van der Waals surface area (Å²) >= 11 is 0. The van der Waals surface area contributed by atoms with Crippen LogP contribution in [0.1, 0.15) is 53.4 Å². The van der Waals surface area contributed by atoms with E-state index in [4.69, 9.17) is 4.74 Å². The lowest BCUT2D eigenvalue weighted by Crippen LogP contribution is -2.48. The number of carbonyl (C=O) groups is 1. The average Bonchev–Trinajstić information content (AvgIpc) is 2.48. The van der Waals surface area contributed by atoms with E-state index in [9.17, 15) is 9.90 Å². The summed E-state index contributed by atoms with van der Waals surface area (Å²) in [6.07, 6.45) is 4.24. The molecule has 2 saturated heterocycles. The maximum atomic E-state index is 12.1. The van der Waals surface area contributed by atoms with Gasteiger partial charge in [-0.25, -0.2) is 4.79 Å². The molecule has 0 aromatic rings. The zero-order chi connectivity index (χ0) is 17.0. The summed E-state index contributed by atoms with van der Waals surface area (Å²) in [5.41, 5.74) is -0.420. The van der Waals surface area contributed by atoms with Crippen molar-refractivity contribution in [1.29, 1.82) is 0 Å². The molecule has 2 atom stereocenters. The Labute approximate surface area is 141 Å². The number of hydrogen-bond donors (Lipinski definition) is 1. The molecule has 0 aromatic carbocycles. The van der Waals surface area contributed by atoms with Gasteiger partial charge in [0.05, 0.1) is 0 Å². The molecule has 2 fully saturated rings. The molecule has 0 radical (unpaired) electrons. The standard InChI is InChI=1S/C18H34N2O3/c1-14-5-6-16(13-21)12-20(14)11-15-7-9-19(10-8-15)17(22)23-18(2,3)4/h14-16,21H,5-13H2,1-4H3. The highest BCUT2D eigenvalue weighted by Crippen LogP contribution is 2.26. The van der Waals surface area contributed by atoms with Gasteiger partial charge in [0.1, 0.15) is 5.60 Å². The maximum absolute atomic E-state index is 12.1. The van der Waals surface area contributed by atoms with Gasteiger partial charge in [0.2, 0.25) is 0 Å². The molecule has 0 spiro atoms. The minimum Gasteiger partial charge on any atom is -0.444 e. The average molecular weight is 326 g/mol. The number of ether oxygens (including phenoxy) is 1. The fraction of sp³-hybridized carbons (Fsp3) is 0.944. The SMILES string of the molecule is CC1CCC(CO)CN1CC1CCN(C(=O)OC(C)(C)C)CC1. The lowest BCUT2D eigenvalue weighted by Gasteiger charge is -2.41. The summed E-state index contributed by atoms with van der Waals surface area (Å²) in [7, 11) is 0. The highest BCUT2D eigenvalue weighted by Gasteiger charge is 2.30. The van der Waals surface area contributed by atoms with Crippen LogP contribution in [0.15, 0.2) is 0 Å². The van der Waals surface area contributed by atoms with Gasteiger partial charge < -0.3 is 19.6 Å². The second-order valence-corrected chi connectivity index (χ2v) is 8.34. The lowest BCUT2D eigenvalue weighted by atomic mass is 9.90. The van der Waals surface area contributed by atoms with Gasteiger partial charge >= 0.3 is 6.09 Å². The van der Waals surface area contributed by atoms with Crippen molar-refractivity contribution in [2.75, 3.05) is 32.8 Å². The Morgan fingerprint density at radius 3 is 2.35 bits per heavy atom. The van der Waals surface area contributed by atoms with Crippen LogP contribution in [-0.2, 0) is 4.74 Å². The molecule has 23 heavy (non-hydrogen) atoms. The molecule has 2 aliphatic heterocycles. The largest absolute Gasteiger partial charge is 0.444 e. The molecule has 2 aliphatic rings. The van der Waals surface area contributed by atoms with E-state index in [0.29, 0.717) is 24.5 Å². The van der Waals surface area contributed by atoms with Crippen LogP contribution in [0.5, 0.6) is 0 Å². The van der Waals surface area contributed by atoms with Gasteiger partial charge in [-0.05, 0) is 65.2 Å². The summed E-state index contributed by atoms with van der Waals surface area (Å²) in [6, 6.07) is 0.613. The number of piperidine rings is 2. The van der Waals surface area contributed by atoms with Gasteiger partial charge in [-0.2, -0.15) is 0 Å². The van der Waals surface area contributed by atoms with E-state index in [1.165, 1.54) is 6.42 Å². The van der Waals surface area contributed by atoms with Crippen molar-refractivity contribution in [3.05, 3.63) is 0 Å². The van der Waals surface area contributed by atoms with Crippen LogP contribution < -0.4 is 0 Å². The number of likely N-dealkylation sites (tertiary alicyclic amines) is 2. The topological polar surface area (TPSA) is 53.0 Å². The molecule has 1 N–H and O–H groups in total. The highest BCUT2D eigenvalue weighted by atomic mass is 16.6. The molecular formula is C18H34N2O3. The zero-order valence-corrected chi connectivity index (χ0v) is 15.3. The molecule has 0 bridgehead atoms. The maximum Gasteiger partial charge on any atom is 0.410 e. The molecule has 0 aliphatic carbocycles. The molecule has 5 nitrogen and oxygen atoms in total. The fourth-order valence-corrected chi connectivity index (χ4v) is 3.62. The van der Waals surface area contributed by atoms with Gasteiger partial charge in [-0.1, -0.05) is 0 Å². The van der Waals surface area contributed by atoms with Crippen molar-refractivity contribution in [3.8, 4) is 0 Å². The van der Waals surface area contributed by atoms with Crippen LogP contribution in [0.4, 0.5) is 4.79 Å². The molecule has 0 aromatic heterocycles. The number of carbonyl (C=O) groups excluding carboxylic acids is 1. The first-order valence-corrected chi connectivity index (χ1v) is 9.11. The predicted molar refractivity (Wildman–Crippen MR) is 91.4 cm³/mol. The van der Waals surface area contributed by atoms with E-state index in [2.05, 4.69) is 11.8 Å². The van der Waals surface area contributed by atoms with Gasteiger partial charge in [-0.15, -0.1) is 0 Å². The summed E-state index contributed by atoms with van der Waals surface area (Å²) < 4.78 is 5.46. The summed E-state index contributed by atoms with van der Waals surface area (Å²) in [5.74, 6) is 1.08. The summed E-state index contributed by atoms with van der Waals surface area (Å²) in [6.45, 7) is 12.0. The number of nitrogens with zero attached hydrogens (tertiary/aromatic N) is 2. The molecule has 0 saturated carbocycles. The molecule has 2 rings (SSSR count). The van der Waals surface area contributed by atoms with Crippen molar-refractivity contribution in [2.45, 2.75) is 65.0 Å². The molecule has 5 heteroatoms. The normalized spacial score (nSPS) is 28.0. The Balaban J connectivity index is 1.77. The zero-order valence-electron chi connectivity index (χ0n) is 15.3. The summed E-state index contributed by atoms with van der Waals surface area (Å²) in [4.78, 5) is 16.5. The van der Waals surface area contributed by atoms with Crippen LogP contribution in [0, 0.1) is 11.8 Å². The van der Waals surface area contributed by atoms with Gasteiger partial charge in [-0.3, -0.25) is 0 Å². The molecule has 2 heterocycles. The number of hydrogen-bond acceptors (Lipinski definition) is 4. The minimum atomic E-state index is -0.420. The number of amides is 1. The van der Waals surface area contributed by atoms with Gasteiger partial charge in [0, 0.05) is 38.8 Å². The second kappa shape index (κ2) is 7.84. The molecule has 2 unspecified atom stereocenters. The lowest BCUT2D eigenvalue weighted by molar-refractivity contribution is 0.0134. The first-order valence-electron chi connectivity index (χ1n) is 9.11. The van der Waals surface area contributed by atoms with Crippen LogP contribution in [0.2, 0.25) is 0 Å².